The SMILES string of the molecule is Cc1ccccc1/C(C=O)=C\c1ccccc1N. The van der Waals surface area contributed by atoms with Crippen molar-refractivity contribution in [2.75, 3.05) is 5.73 Å². The van der Waals surface area contributed by atoms with Gasteiger partial charge in [-0.2, -0.15) is 0 Å². The number of rotatable bonds is 3. The van der Waals surface area contributed by atoms with Gasteiger partial charge in [0.2, 0.25) is 0 Å². The molecule has 0 atom stereocenters. The van der Waals surface area contributed by atoms with Gasteiger partial charge < -0.3 is 5.73 Å². The van der Waals surface area contributed by atoms with Crippen LogP contribution in [-0.2, 0) is 4.79 Å². The molecular formula is C16H15NO. The van der Waals surface area contributed by atoms with Crippen LogP contribution in [0.4, 0.5) is 5.69 Å². The first-order chi connectivity index (χ1) is 8.72. The predicted molar refractivity (Wildman–Crippen MR) is 76.0 cm³/mol. The van der Waals surface area contributed by atoms with Gasteiger partial charge in [-0.15, -0.1) is 0 Å². The minimum Gasteiger partial charge on any atom is -0.398 e. The first-order valence-electron chi connectivity index (χ1n) is 5.80. The molecule has 18 heavy (non-hydrogen) atoms. The van der Waals surface area contributed by atoms with E-state index in [9.17, 15) is 4.79 Å². The van der Waals surface area contributed by atoms with E-state index >= 15 is 0 Å². The number of benzene rings is 2. The van der Waals surface area contributed by atoms with Crippen LogP contribution in [0.15, 0.2) is 48.5 Å². The molecule has 2 rings (SSSR count). The van der Waals surface area contributed by atoms with E-state index in [1.165, 1.54) is 0 Å². The summed E-state index contributed by atoms with van der Waals surface area (Å²) in [5, 5.41) is 0. The first-order valence-corrected chi connectivity index (χ1v) is 5.80. The second kappa shape index (κ2) is 5.32. The molecule has 0 heterocycles. The second-order valence-corrected chi connectivity index (χ2v) is 4.16. The van der Waals surface area contributed by atoms with Crippen LogP contribution in [-0.4, -0.2) is 6.29 Å². The van der Waals surface area contributed by atoms with E-state index in [0.29, 0.717) is 11.3 Å². The van der Waals surface area contributed by atoms with E-state index in [1.54, 1.807) is 0 Å². The van der Waals surface area contributed by atoms with E-state index in [1.807, 2.05) is 61.5 Å². The van der Waals surface area contributed by atoms with Gasteiger partial charge in [0.15, 0.2) is 6.29 Å². The van der Waals surface area contributed by atoms with Gasteiger partial charge in [0, 0.05) is 11.3 Å². The Balaban J connectivity index is 2.50. The summed E-state index contributed by atoms with van der Waals surface area (Å²) in [4.78, 5) is 11.3. The monoisotopic (exact) mass is 237 g/mol. The van der Waals surface area contributed by atoms with Crippen molar-refractivity contribution < 1.29 is 4.79 Å². The molecule has 0 aliphatic rings. The van der Waals surface area contributed by atoms with Crippen molar-refractivity contribution >= 4 is 23.6 Å². The van der Waals surface area contributed by atoms with Gasteiger partial charge in [-0.3, -0.25) is 4.79 Å². The molecule has 0 spiro atoms. The Labute approximate surface area is 107 Å². The lowest BCUT2D eigenvalue weighted by Gasteiger charge is -2.06. The summed E-state index contributed by atoms with van der Waals surface area (Å²) < 4.78 is 0. The van der Waals surface area contributed by atoms with Crippen LogP contribution in [0.5, 0.6) is 0 Å². The van der Waals surface area contributed by atoms with Crippen molar-refractivity contribution in [2.24, 2.45) is 0 Å². The largest absolute Gasteiger partial charge is 0.398 e. The van der Waals surface area contributed by atoms with Crippen LogP contribution in [0, 0.1) is 6.92 Å². The maximum absolute atomic E-state index is 11.3. The Morgan fingerprint density at radius 3 is 2.39 bits per heavy atom. The van der Waals surface area contributed by atoms with E-state index < -0.39 is 0 Å². The molecule has 90 valence electrons. The van der Waals surface area contributed by atoms with Gasteiger partial charge in [0.05, 0.1) is 0 Å². The third-order valence-electron chi connectivity index (χ3n) is 2.89. The zero-order chi connectivity index (χ0) is 13.0. The molecule has 0 aromatic heterocycles. The van der Waals surface area contributed by atoms with Gasteiger partial charge in [-0.1, -0.05) is 42.5 Å². The standard InChI is InChI=1S/C16H15NO/c1-12-6-2-4-8-15(12)14(11-18)10-13-7-3-5-9-16(13)17/h2-11H,17H2,1H3/b14-10-. The van der Waals surface area contributed by atoms with Crippen molar-refractivity contribution in [1.29, 1.82) is 0 Å². The summed E-state index contributed by atoms with van der Waals surface area (Å²) in [6, 6.07) is 15.3. The molecule has 0 aliphatic carbocycles. The summed E-state index contributed by atoms with van der Waals surface area (Å²) in [5.41, 5.74) is 10.1. The number of aldehydes is 1. The molecule has 0 saturated heterocycles. The molecule has 0 saturated carbocycles. The fourth-order valence-electron chi connectivity index (χ4n) is 1.88. The molecule has 0 unspecified atom stereocenters. The number of anilines is 1. The van der Waals surface area contributed by atoms with Crippen LogP contribution >= 0.6 is 0 Å². The van der Waals surface area contributed by atoms with Crippen molar-refractivity contribution in [3.05, 3.63) is 65.2 Å². The molecule has 0 fully saturated rings. The summed E-state index contributed by atoms with van der Waals surface area (Å²) in [6.07, 6.45) is 2.69. The number of carbonyl (C=O) groups is 1. The summed E-state index contributed by atoms with van der Waals surface area (Å²) >= 11 is 0. The average Bonchev–Trinajstić information content (AvgIpc) is 2.39. The Morgan fingerprint density at radius 1 is 1.06 bits per heavy atom. The molecule has 0 amide bonds. The quantitative estimate of drug-likeness (QED) is 0.385. The number of aryl methyl sites for hydroxylation is 1. The zero-order valence-electron chi connectivity index (χ0n) is 10.3. The maximum Gasteiger partial charge on any atom is 0.150 e. The van der Waals surface area contributed by atoms with Crippen LogP contribution in [0.1, 0.15) is 16.7 Å². The summed E-state index contributed by atoms with van der Waals surface area (Å²) in [6.45, 7) is 1.99. The minimum atomic E-state index is 0.644. The van der Waals surface area contributed by atoms with Crippen molar-refractivity contribution in [3.63, 3.8) is 0 Å². The highest BCUT2D eigenvalue weighted by atomic mass is 16.1. The number of para-hydroxylation sites is 1. The number of nitrogens with two attached hydrogens (primary N) is 1. The highest BCUT2D eigenvalue weighted by Gasteiger charge is 2.04. The Bertz CT molecular complexity index is 600. The minimum absolute atomic E-state index is 0.644. The number of hydrogen-bond donors (Lipinski definition) is 1. The first kappa shape index (κ1) is 12.1. The number of nitrogen functional groups attached to an aromatic ring is 1. The van der Waals surface area contributed by atoms with E-state index in [-0.39, 0.29) is 0 Å². The molecule has 2 nitrogen and oxygen atoms in total. The number of hydrogen-bond acceptors (Lipinski definition) is 2. The topological polar surface area (TPSA) is 43.1 Å². The Hall–Kier alpha value is -2.35. The van der Waals surface area contributed by atoms with Crippen LogP contribution in [0.25, 0.3) is 11.6 Å². The molecule has 0 aliphatic heterocycles. The highest BCUT2D eigenvalue weighted by Crippen LogP contribution is 2.22. The molecule has 2 aromatic carbocycles. The predicted octanol–water partition coefficient (Wildman–Crippen LogP) is 3.32. The van der Waals surface area contributed by atoms with Gasteiger partial charge in [-0.05, 0) is 35.8 Å². The summed E-state index contributed by atoms with van der Waals surface area (Å²) in [5.74, 6) is 0. The van der Waals surface area contributed by atoms with Crippen LogP contribution in [0.3, 0.4) is 0 Å². The molecule has 0 bridgehead atoms. The van der Waals surface area contributed by atoms with Crippen molar-refractivity contribution in [2.45, 2.75) is 6.92 Å². The maximum atomic E-state index is 11.3. The molecule has 2 heteroatoms. The van der Waals surface area contributed by atoms with Crippen molar-refractivity contribution in [1.82, 2.24) is 0 Å². The zero-order valence-corrected chi connectivity index (χ0v) is 10.3. The van der Waals surface area contributed by atoms with E-state index in [0.717, 1.165) is 23.0 Å². The van der Waals surface area contributed by atoms with Gasteiger partial charge in [-0.25, -0.2) is 0 Å². The highest BCUT2D eigenvalue weighted by molar-refractivity contribution is 6.14. The number of allylic oxidation sites excluding steroid dienone is 1. The third kappa shape index (κ3) is 2.48. The lowest BCUT2D eigenvalue weighted by Crippen LogP contribution is -1.92. The summed E-state index contributed by atoms with van der Waals surface area (Å²) in [7, 11) is 0. The fraction of sp³-hybridized carbons (Fsp3) is 0.0625. The van der Waals surface area contributed by atoms with Crippen LogP contribution < -0.4 is 5.73 Å². The second-order valence-electron chi connectivity index (χ2n) is 4.16. The molecule has 0 radical (unpaired) electrons. The molecule has 2 aromatic rings. The molecule has 2 N–H and O–H groups in total. The van der Waals surface area contributed by atoms with E-state index in [4.69, 9.17) is 5.73 Å². The Kier molecular flexibility index (Phi) is 3.58. The number of carbonyl (C=O) groups excluding carboxylic acids is 1. The fourth-order valence-corrected chi connectivity index (χ4v) is 1.88. The average molecular weight is 237 g/mol. The third-order valence-corrected chi connectivity index (χ3v) is 2.89. The van der Waals surface area contributed by atoms with Gasteiger partial charge in [0.1, 0.15) is 0 Å². The Morgan fingerprint density at radius 2 is 1.72 bits per heavy atom. The smallest absolute Gasteiger partial charge is 0.150 e. The normalized spacial score (nSPS) is 11.3. The van der Waals surface area contributed by atoms with Crippen LogP contribution in [0.2, 0.25) is 0 Å². The van der Waals surface area contributed by atoms with Gasteiger partial charge in [0.25, 0.3) is 0 Å². The lowest BCUT2D eigenvalue weighted by atomic mass is 9.99. The lowest BCUT2D eigenvalue weighted by molar-refractivity contribution is -0.103. The van der Waals surface area contributed by atoms with Gasteiger partial charge >= 0.3 is 0 Å². The van der Waals surface area contributed by atoms with E-state index in [2.05, 4.69) is 0 Å². The van der Waals surface area contributed by atoms with Crippen molar-refractivity contribution in [3.8, 4) is 0 Å². The molecular weight excluding hydrogens is 222 g/mol.